The minimum Gasteiger partial charge on any atom is -0.352 e. The molecule has 1 heterocycles. The SMILES string of the molecule is CNCC1CCN(C(=O)CCNC(=O)c2ccc(C(C)(C)C)cc2)C1. The Labute approximate surface area is 151 Å². The topological polar surface area (TPSA) is 61.4 Å². The van der Waals surface area contributed by atoms with Gasteiger partial charge in [-0.2, -0.15) is 0 Å². The maximum absolute atomic E-state index is 12.2. The summed E-state index contributed by atoms with van der Waals surface area (Å²) in [5.74, 6) is 0.551. The van der Waals surface area contributed by atoms with Gasteiger partial charge in [0.2, 0.25) is 5.91 Å². The van der Waals surface area contributed by atoms with Crippen LogP contribution < -0.4 is 10.6 Å². The molecule has 1 atom stereocenters. The van der Waals surface area contributed by atoms with Crippen molar-refractivity contribution in [1.29, 1.82) is 0 Å². The van der Waals surface area contributed by atoms with Gasteiger partial charge in [0.15, 0.2) is 0 Å². The zero-order valence-electron chi connectivity index (χ0n) is 15.9. The molecule has 1 aromatic rings. The van der Waals surface area contributed by atoms with Gasteiger partial charge in [-0.1, -0.05) is 32.9 Å². The van der Waals surface area contributed by atoms with E-state index in [1.165, 1.54) is 5.56 Å². The van der Waals surface area contributed by atoms with Crippen LogP contribution in [0.1, 0.15) is 49.5 Å². The lowest BCUT2D eigenvalue weighted by molar-refractivity contribution is -0.130. The Morgan fingerprint density at radius 1 is 1.20 bits per heavy atom. The fourth-order valence-electron chi connectivity index (χ4n) is 3.18. The van der Waals surface area contributed by atoms with Gasteiger partial charge < -0.3 is 15.5 Å². The Morgan fingerprint density at radius 3 is 2.48 bits per heavy atom. The van der Waals surface area contributed by atoms with Gasteiger partial charge in [-0.15, -0.1) is 0 Å². The van der Waals surface area contributed by atoms with Crippen LogP contribution >= 0.6 is 0 Å². The largest absolute Gasteiger partial charge is 0.352 e. The Bertz CT molecular complexity index is 590. The first-order chi connectivity index (χ1) is 11.8. The van der Waals surface area contributed by atoms with E-state index in [4.69, 9.17) is 0 Å². The molecule has 2 amide bonds. The van der Waals surface area contributed by atoms with E-state index in [0.717, 1.165) is 26.1 Å². The van der Waals surface area contributed by atoms with E-state index < -0.39 is 0 Å². The van der Waals surface area contributed by atoms with Crippen LogP contribution in [0.2, 0.25) is 0 Å². The molecule has 2 rings (SSSR count). The summed E-state index contributed by atoms with van der Waals surface area (Å²) < 4.78 is 0. The normalized spacial score (nSPS) is 17.6. The Kier molecular flexibility index (Phi) is 6.59. The second-order valence-corrected chi connectivity index (χ2v) is 7.89. The summed E-state index contributed by atoms with van der Waals surface area (Å²) in [6.07, 6.45) is 1.41. The number of nitrogens with one attached hydrogen (secondary N) is 2. The number of carbonyl (C=O) groups is 2. The van der Waals surface area contributed by atoms with Gasteiger partial charge in [0.1, 0.15) is 0 Å². The third-order valence-corrected chi connectivity index (χ3v) is 4.77. The highest BCUT2D eigenvalue weighted by molar-refractivity contribution is 5.94. The fourth-order valence-corrected chi connectivity index (χ4v) is 3.18. The number of nitrogens with zero attached hydrogens (tertiary/aromatic N) is 1. The third kappa shape index (κ3) is 5.56. The Balaban J connectivity index is 1.76. The summed E-state index contributed by atoms with van der Waals surface area (Å²) in [6.45, 7) is 9.42. The maximum atomic E-state index is 12.2. The van der Waals surface area contributed by atoms with Crippen LogP contribution in [0.15, 0.2) is 24.3 Å². The number of amides is 2. The van der Waals surface area contributed by atoms with Crippen LogP contribution in [0.5, 0.6) is 0 Å². The molecule has 1 unspecified atom stereocenters. The number of hydrogen-bond donors (Lipinski definition) is 2. The predicted octanol–water partition coefficient (Wildman–Crippen LogP) is 2.17. The molecule has 1 saturated heterocycles. The van der Waals surface area contributed by atoms with Gasteiger partial charge in [-0.05, 0) is 49.0 Å². The van der Waals surface area contributed by atoms with Gasteiger partial charge in [0, 0.05) is 31.6 Å². The number of likely N-dealkylation sites (tertiary alicyclic amines) is 1. The lowest BCUT2D eigenvalue weighted by Gasteiger charge is -2.19. The Hall–Kier alpha value is -1.88. The number of rotatable bonds is 6. The van der Waals surface area contributed by atoms with Crippen molar-refractivity contribution in [2.75, 3.05) is 33.2 Å². The molecule has 0 bridgehead atoms. The molecule has 25 heavy (non-hydrogen) atoms. The summed E-state index contributed by atoms with van der Waals surface area (Å²) in [4.78, 5) is 26.3. The van der Waals surface area contributed by atoms with Crippen LogP contribution in [-0.2, 0) is 10.2 Å². The van der Waals surface area contributed by atoms with Crippen LogP contribution in [0, 0.1) is 5.92 Å². The summed E-state index contributed by atoms with van der Waals surface area (Å²) in [7, 11) is 1.94. The van der Waals surface area contributed by atoms with Crippen molar-refractivity contribution in [1.82, 2.24) is 15.5 Å². The number of benzene rings is 1. The second-order valence-electron chi connectivity index (χ2n) is 7.89. The average Bonchev–Trinajstić information content (AvgIpc) is 3.03. The molecule has 138 valence electrons. The van der Waals surface area contributed by atoms with E-state index in [2.05, 4.69) is 31.4 Å². The molecule has 5 nitrogen and oxygen atoms in total. The molecule has 0 spiro atoms. The molecular formula is C20H31N3O2. The lowest BCUT2D eigenvalue weighted by atomic mass is 9.87. The second kappa shape index (κ2) is 8.48. The minimum atomic E-state index is -0.122. The average molecular weight is 345 g/mol. The van der Waals surface area contributed by atoms with Crippen LogP contribution in [0.4, 0.5) is 0 Å². The molecule has 0 radical (unpaired) electrons. The zero-order valence-corrected chi connectivity index (χ0v) is 15.9. The predicted molar refractivity (Wildman–Crippen MR) is 101 cm³/mol. The summed E-state index contributed by atoms with van der Waals surface area (Å²) in [6, 6.07) is 7.68. The van der Waals surface area contributed by atoms with E-state index in [-0.39, 0.29) is 17.2 Å². The van der Waals surface area contributed by atoms with Crippen molar-refractivity contribution >= 4 is 11.8 Å². The minimum absolute atomic E-state index is 0.0717. The van der Waals surface area contributed by atoms with Crippen molar-refractivity contribution in [2.45, 2.75) is 39.0 Å². The van der Waals surface area contributed by atoms with E-state index in [1.54, 1.807) is 0 Å². The van der Waals surface area contributed by atoms with Crippen molar-refractivity contribution in [3.8, 4) is 0 Å². The van der Waals surface area contributed by atoms with Crippen molar-refractivity contribution in [2.24, 2.45) is 5.92 Å². The highest BCUT2D eigenvalue weighted by Crippen LogP contribution is 2.22. The van der Waals surface area contributed by atoms with E-state index in [9.17, 15) is 9.59 Å². The molecule has 2 N–H and O–H groups in total. The standard InChI is InChI=1S/C20H31N3O2/c1-20(2,3)17-7-5-16(6-8-17)19(25)22-11-9-18(24)23-12-10-15(14-23)13-21-4/h5-8,15,21H,9-14H2,1-4H3,(H,22,25). The van der Waals surface area contributed by atoms with E-state index in [1.807, 2.05) is 36.2 Å². The molecule has 1 aromatic carbocycles. The van der Waals surface area contributed by atoms with Crippen LogP contribution in [0.3, 0.4) is 0 Å². The molecule has 1 fully saturated rings. The summed E-state index contributed by atoms with van der Waals surface area (Å²) >= 11 is 0. The first-order valence-electron chi connectivity index (χ1n) is 9.12. The van der Waals surface area contributed by atoms with Gasteiger partial charge in [0.05, 0.1) is 0 Å². The molecule has 0 saturated carbocycles. The highest BCUT2D eigenvalue weighted by Gasteiger charge is 2.25. The lowest BCUT2D eigenvalue weighted by Crippen LogP contribution is -2.34. The molecule has 0 aliphatic carbocycles. The zero-order chi connectivity index (χ0) is 18.4. The van der Waals surface area contributed by atoms with Crippen molar-refractivity contribution in [3.63, 3.8) is 0 Å². The third-order valence-electron chi connectivity index (χ3n) is 4.77. The maximum Gasteiger partial charge on any atom is 0.251 e. The van der Waals surface area contributed by atoms with Gasteiger partial charge in [-0.25, -0.2) is 0 Å². The Morgan fingerprint density at radius 2 is 1.88 bits per heavy atom. The molecule has 1 aliphatic rings. The number of hydrogen-bond acceptors (Lipinski definition) is 3. The van der Waals surface area contributed by atoms with Crippen molar-refractivity contribution in [3.05, 3.63) is 35.4 Å². The van der Waals surface area contributed by atoms with Crippen molar-refractivity contribution < 1.29 is 9.59 Å². The number of carbonyl (C=O) groups excluding carboxylic acids is 2. The van der Waals surface area contributed by atoms with Gasteiger partial charge in [0.25, 0.3) is 5.91 Å². The molecule has 5 heteroatoms. The quantitative estimate of drug-likeness (QED) is 0.831. The van der Waals surface area contributed by atoms with E-state index in [0.29, 0.717) is 24.4 Å². The monoisotopic (exact) mass is 345 g/mol. The first kappa shape index (κ1) is 19.4. The highest BCUT2D eigenvalue weighted by atomic mass is 16.2. The smallest absolute Gasteiger partial charge is 0.251 e. The summed E-state index contributed by atoms with van der Waals surface area (Å²) in [5, 5.41) is 6.01. The summed E-state index contributed by atoms with van der Waals surface area (Å²) in [5.41, 5.74) is 1.91. The van der Waals surface area contributed by atoms with E-state index >= 15 is 0 Å². The van der Waals surface area contributed by atoms with Crippen LogP contribution in [0.25, 0.3) is 0 Å². The fraction of sp³-hybridized carbons (Fsp3) is 0.600. The molecule has 1 aliphatic heterocycles. The molecular weight excluding hydrogens is 314 g/mol. The molecule has 0 aromatic heterocycles. The first-order valence-corrected chi connectivity index (χ1v) is 9.12. The van der Waals surface area contributed by atoms with Crippen LogP contribution in [-0.4, -0.2) is 49.9 Å². The van der Waals surface area contributed by atoms with Gasteiger partial charge in [-0.3, -0.25) is 9.59 Å². The van der Waals surface area contributed by atoms with Gasteiger partial charge >= 0.3 is 0 Å².